The molecule has 3 heterocycles. The van der Waals surface area contributed by atoms with Crippen LogP contribution in [0.3, 0.4) is 0 Å². The van der Waals surface area contributed by atoms with Crippen molar-refractivity contribution in [2.75, 3.05) is 13.2 Å². The molecule has 2 bridgehead atoms. The van der Waals surface area contributed by atoms with E-state index in [0.29, 0.717) is 18.2 Å². The standard InChI is InChI=1S/C18H24N2O/c1-13-3-2-4-14(9-13)15-10-18(21)19(11-15)12-20-16-5-6-17(20)8-7-16/h2-4,9,15-17H,5-8,10-12H2,1H3. The second-order valence-corrected chi connectivity index (χ2v) is 7.05. The Morgan fingerprint density at radius 3 is 2.52 bits per heavy atom. The monoisotopic (exact) mass is 284 g/mol. The van der Waals surface area contributed by atoms with Crippen LogP contribution in [0.15, 0.2) is 24.3 Å². The number of likely N-dealkylation sites (tertiary alicyclic amines) is 1. The first-order valence-corrected chi connectivity index (χ1v) is 8.31. The number of amides is 1. The Balaban J connectivity index is 1.45. The van der Waals surface area contributed by atoms with Gasteiger partial charge in [-0.2, -0.15) is 0 Å². The quantitative estimate of drug-likeness (QED) is 0.852. The summed E-state index contributed by atoms with van der Waals surface area (Å²) in [6, 6.07) is 10.1. The van der Waals surface area contributed by atoms with Crippen molar-refractivity contribution in [3.63, 3.8) is 0 Å². The summed E-state index contributed by atoms with van der Waals surface area (Å²) in [5, 5.41) is 0. The van der Waals surface area contributed by atoms with E-state index >= 15 is 0 Å². The van der Waals surface area contributed by atoms with Gasteiger partial charge in [0.15, 0.2) is 0 Å². The van der Waals surface area contributed by atoms with E-state index in [1.54, 1.807) is 0 Å². The van der Waals surface area contributed by atoms with Crippen molar-refractivity contribution in [1.82, 2.24) is 9.80 Å². The summed E-state index contributed by atoms with van der Waals surface area (Å²) in [4.78, 5) is 17.1. The van der Waals surface area contributed by atoms with Crippen molar-refractivity contribution in [3.05, 3.63) is 35.4 Å². The van der Waals surface area contributed by atoms with Gasteiger partial charge in [-0.1, -0.05) is 29.8 Å². The van der Waals surface area contributed by atoms with Gasteiger partial charge < -0.3 is 4.90 Å². The largest absolute Gasteiger partial charge is 0.329 e. The Hall–Kier alpha value is -1.35. The molecule has 1 aromatic carbocycles. The van der Waals surface area contributed by atoms with Crippen molar-refractivity contribution in [2.24, 2.45) is 0 Å². The van der Waals surface area contributed by atoms with Crippen molar-refractivity contribution in [2.45, 2.75) is 57.0 Å². The molecule has 3 heteroatoms. The van der Waals surface area contributed by atoms with Crippen molar-refractivity contribution in [3.8, 4) is 0 Å². The number of nitrogens with zero attached hydrogens (tertiary/aromatic N) is 2. The summed E-state index contributed by atoms with van der Waals surface area (Å²) in [6.45, 7) is 3.90. The minimum Gasteiger partial charge on any atom is -0.329 e. The van der Waals surface area contributed by atoms with Gasteiger partial charge in [0, 0.05) is 31.0 Å². The average Bonchev–Trinajstić information content (AvgIpc) is 3.15. The maximum atomic E-state index is 12.4. The Kier molecular flexibility index (Phi) is 3.26. The molecule has 3 aliphatic rings. The number of carbonyl (C=O) groups is 1. The number of hydrogen-bond acceptors (Lipinski definition) is 2. The third-order valence-corrected chi connectivity index (χ3v) is 5.67. The van der Waals surface area contributed by atoms with Crippen LogP contribution in [0.5, 0.6) is 0 Å². The number of rotatable bonds is 3. The van der Waals surface area contributed by atoms with Gasteiger partial charge in [-0.15, -0.1) is 0 Å². The maximum absolute atomic E-state index is 12.4. The zero-order valence-corrected chi connectivity index (χ0v) is 12.8. The first kappa shape index (κ1) is 13.3. The minimum absolute atomic E-state index is 0.341. The normalized spacial score (nSPS) is 32.3. The highest BCUT2D eigenvalue weighted by atomic mass is 16.2. The van der Waals surface area contributed by atoms with Crippen LogP contribution < -0.4 is 0 Å². The molecule has 3 aliphatic heterocycles. The molecule has 3 saturated heterocycles. The fourth-order valence-electron chi connectivity index (χ4n) is 4.50. The van der Waals surface area contributed by atoms with E-state index in [1.807, 2.05) is 0 Å². The van der Waals surface area contributed by atoms with Crippen LogP contribution in [0.2, 0.25) is 0 Å². The highest BCUT2D eigenvalue weighted by Gasteiger charge is 2.41. The number of fused-ring (bicyclic) bond motifs is 2. The molecule has 21 heavy (non-hydrogen) atoms. The molecule has 0 radical (unpaired) electrons. The van der Waals surface area contributed by atoms with Crippen LogP contribution in [-0.4, -0.2) is 41.0 Å². The van der Waals surface area contributed by atoms with Crippen molar-refractivity contribution < 1.29 is 4.79 Å². The van der Waals surface area contributed by atoms with E-state index in [1.165, 1.54) is 36.8 Å². The molecular formula is C18H24N2O. The van der Waals surface area contributed by atoms with Crippen LogP contribution in [0.25, 0.3) is 0 Å². The second-order valence-electron chi connectivity index (χ2n) is 7.05. The predicted molar refractivity (Wildman–Crippen MR) is 83.0 cm³/mol. The molecule has 0 spiro atoms. The number of aryl methyl sites for hydroxylation is 1. The summed E-state index contributed by atoms with van der Waals surface area (Å²) in [5.41, 5.74) is 2.62. The molecule has 1 amide bonds. The molecular weight excluding hydrogens is 260 g/mol. The summed E-state index contributed by atoms with van der Waals surface area (Å²) < 4.78 is 0. The first-order valence-electron chi connectivity index (χ1n) is 8.31. The highest BCUT2D eigenvalue weighted by molar-refractivity contribution is 5.79. The van der Waals surface area contributed by atoms with E-state index in [-0.39, 0.29) is 0 Å². The Labute approximate surface area is 126 Å². The lowest BCUT2D eigenvalue weighted by Crippen LogP contribution is -2.41. The van der Waals surface area contributed by atoms with E-state index in [9.17, 15) is 4.79 Å². The molecule has 0 aliphatic carbocycles. The Morgan fingerprint density at radius 1 is 1.14 bits per heavy atom. The topological polar surface area (TPSA) is 23.6 Å². The van der Waals surface area contributed by atoms with Crippen LogP contribution in [0.4, 0.5) is 0 Å². The van der Waals surface area contributed by atoms with E-state index in [4.69, 9.17) is 0 Å². The highest BCUT2D eigenvalue weighted by Crippen LogP contribution is 2.38. The molecule has 1 atom stereocenters. The minimum atomic E-state index is 0.341. The third-order valence-electron chi connectivity index (χ3n) is 5.67. The fraction of sp³-hybridized carbons (Fsp3) is 0.611. The van der Waals surface area contributed by atoms with Crippen LogP contribution >= 0.6 is 0 Å². The molecule has 0 aromatic heterocycles. The molecule has 1 aromatic rings. The zero-order chi connectivity index (χ0) is 14.4. The van der Waals surface area contributed by atoms with E-state index in [0.717, 1.165) is 25.3 Å². The average molecular weight is 284 g/mol. The Bertz CT molecular complexity index is 536. The van der Waals surface area contributed by atoms with Gasteiger partial charge in [-0.05, 0) is 38.2 Å². The molecule has 3 fully saturated rings. The number of hydrogen-bond donors (Lipinski definition) is 0. The van der Waals surface area contributed by atoms with Gasteiger partial charge in [-0.3, -0.25) is 9.69 Å². The van der Waals surface area contributed by atoms with Gasteiger partial charge in [0.05, 0.1) is 6.67 Å². The lowest BCUT2D eigenvalue weighted by molar-refractivity contribution is -0.129. The van der Waals surface area contributed by atoms with E-state index in [2.05, 4.69) is 41.0 Å². The van der Waals surface area contributed by atoms with Crippen LogP contribution in [-0.2, 0) is 4.79 Å². The SMILES string of the molecule is Cc1cccc(C2CC(=O)N(CN3C4CCC3CC4)C2)c1. The molecule has 1 unspecified atom stereocenters. The molecule has 112 valence electrons. The van der Waals surface area contributed by atoms with Crippen LogP contribution in [0, 0.1) is 6.92 Å². The predicted octanol–water partition coefficient (Wildman–Crippen LogP) is 2.90. The summed E-state index contributed by atoms with van der Waals surface area (Å²) in [7, 11) is 0. The van der Waals surface area contributed by atoms with Gasteiger partial charge in [0.25, 0.3) is 0 Å². The van der Waals surface area contributed by atoms with Gasteiger partial charge in [0.1, 0.15) is 0 Å². The molecule has 4 rings (SSSR count). The second kappa shape index (κ2) is 5.13. The lowest BCUT2D eigenvalue weighted by atomic mass is 9.97. The smallest absolute Gasteiger partial charge is 0.224 e. The first-order chi connectivity index (χ1) is 10.2. The summed E-state index contributed by atoms with van der Waals surface area (Å²) >= 11 is 0. The summed E-state index contributed by atoms with van der Waals surface area (Å²) in [6.07, 6.45) is 6.05. The van der Waals surface area contributed by atoms with Crippen molar-refractivity contribution >= 4 is 5.91 Å². The maximum Gasteiger partial charge on any atom is 0.224 e. The van der Waals surface area contributed by atoms with Gasteiger partial charge in [-0.25, -0.2) is 0 Å². The molecule has 0 saturated carbocycles. The lowest BCUT2D eigenvalue weighted by Gasteiger charge is -2.28. The molecule has 0 N–H and O–H groups in total. The molecule has 3 nitrogen and oxygen atoms in total. The summed E-state index contributed by atoms with van der Waals surface area (Å²) in [5.74, 6) is 0.727. The van der Waals surface area contributed by atoms with Crippen molar-refractivity contribution in [1.29, 1.82) is 0 Å². The number of carbonyl (C=O) groups excluding carboxylic acids is 1. The number of benzene rings is 1. The van der Waals surface area contributed by atoms with Gasteiger partial charge >= 0.3 is 0 Å². The van der Waals surface area contributed by atoms with E-state index < -0.39 is 0 Å². The van der Waals surface area contributed by atoms with Crippen LogP contribution in [0.1, 0.15) is 49.1 Å². The zero-order valence-electron chi connectivity index (χ0n) is 12.8. The third kappa shape index (κ3) is 2.38. The Morgan fingerprint density at radius 2 is 1.86 bits per heavy atom. The fourth-order valence-corrected chi connectivity index (χ4v) is 4.50. The van der Waals surface area contributed by atoms with Gasteiger partial charge in [0.2, 0.25) is 5.91 Å².